The van der Waals surface area contributed by atoms with Gasteiger partial charge in [-0.15, -0.1) is 11.3 Å². The largest absolute Gasteiger partial charge is 0.377 e. The van der Waals surface area contributed by atoms with Crippen LogP contribution < -0.4 is 21.5 Å². The van der Waals surface area contributed by atoms with Crippen LogP contribution in [-0.4, -0.2) is 72.1 Å². The number of nitrogens with one attached hydrogen (secondary N) is 1. The molecule has 14 nitrogen and oxygen atoms in total. The lowest BCUT2D eigenvalue weighted by molar-refractivity contribution is -0.123. The summed E-state index contributed by atoms with van der Waals surface area (Å²) in [6.07, 6.45) is 6.09. The zero-order chi connectivity index (χ0) is 28.1. The Kier molecular flexibility index (Phi) is 6.54. The van der Waals surface area contributed by atoms with Gasteiger partial charge in [-0.3, -0.25) is 23.5 Å². The van der Waals surface area contributed by atoms with Crippen molar-refractivity contribution in [3.63, 3.8) is 0 Å². The van der Waals surface area contributed by atoms with Gasteiger partial charge < -0.3 is 19.5 Å². The normalized spacial score (nSPS) is 18.6. The van der Waals surface area contributed by atoms with Gasteiger partial charge in [0.05, 0.1) is 25.3 Å². The van der Waals surface area contributed by atoms with Gasteiger partial charge >= 0.3 is 5.69 Å². The number of thiazole rings is 1. The first-order valence-corrected chi connectivity index (χ1v) is 13.6. The van der Waals surface area contributed by atoms with Gasteiger partial charge in [-0.1, -0.05) is 0 Å². The van der Waals surface area contributed by atoms with Crippen molar-refractivity contribution in [1.82, 2.24) is 33.6 Å². The standard InChI is InChI=1S/C25H27N9O5S/c1-13(34-12-28-21-20(34)24(37)33(25(38)31(21)2)9-16(35)10-39-3)22(36)29-18-11-40-23(30-18)17-5-27-19(6-26-17)32-7-14-4-15(14)8-32/h5-6,11-15H,4,7-10H2,1-3H3,(H,29,36). The van der Waals surface area contributed by atoms with E-state index in [9.17, 15) is 19.2 Å². The number of piperidine rings is 1. The number of carbonyl (C=O) groups excluding carboxylic acids is 2. The number of carbonyl (C=O) groups is 2. The average Bonchev–Trinajstić information content (AvgIpc) is 3.33. The van der Waals surface area contributed by atoms with Crippen molar-refractivity contribution >= 4 is 45.8 Å². The van der Waals surface area contributed by atoms with Crippen LogP contribution in [-0.2, 0) is 27.9 Å². The first kappa shape index (κ1) is 26.0. The van der Waals surface area contributed by atoms with Gasteiger partial charge in [-0.2, -0.15) is 0 Å². The molecule has 0 spiro atoms. The average molecular weight is 566 g/mol. The SMILES string of the molecule is COCC(=O)Cn1c(=O)c2c(ncn2C(C)C(=O)Nc2csc(-c3cnc(N4CC5CC5C4)cn3)n2)n(C)c1=O. The molecule has 1 saturated heterocycles. The molecule has 2 fully saturated rings. The van der Waals surface area contributed by atoms with Crippen LogP contribution in [0.3, 0.4) is 0 Å². The lowest BCUT2D eigenvalue weighted by atomic mass is 10.3. The summed E-state index contributed by atoms with van der Waals surface area (Å²) in [6, 6.07) is -0.880. The van der Waals surface area contributed by atoms with Crippen LogP contribution in [0.1, 0.15) is 19.4 Å². The monoisotopic (exact) mass is 565 g/mol. The summed E-state index contributed by atoms with van der Waals surface area (Å²) in [4.78, 5) is 71.2. The molecule has 1 saturated carbocycles. The summed E-state index contributed by atoms with van der Waals surface area (Å²) in [5, 5.41) is 5.08. The van der Waals surface area contributed by atoms with E-state index in [0.717, 1.165) is 35.3 Å². The van der Waals surface area contributed by atoms with E-state index in [4.69, 9.17) is 4.74 Å². The van der Waals surface area contributed by atoms with Crippen molar-refractivity contribution in [3.8, 4) is 10.7 Å². The van der Waals surface area contributed by atoms with Crippen molar-refractivity contribution in [2.75, 3.05) is 37.0 Å². The molecule has 4 aromatic rings. The number of amides is 1. The van der Waals surface area contributed by atoms with Crippen LogP contribution in [0.2, 0.25) is 0 Å². The first-order chi connectivity index (χ1) is 19.2. The molecule has 1 aliphatic carbocycles. The van der Waals surface area contributed by atoms with Crippen molar-refractivity contribution in [2.24, 2.45) is 18.9 Å². The second kappa shape index (κ2) is 10.1. The third-order valence-electron chi connectivity index (χ3n) is 7.41. The molecule has 1 N–H and O–H groups in total. The fraction of sp³-hybridized carbons (Fsp3) is 0.440. The van der Waals surface area contributed by atoms with Crippen LogP contribution in [0.5, 0.6) is 0 Å². The van der Waals surface area contributed by atoms with E-state index in [2.05, 4.69) is 30.2 Å². The fourth-order valence-corrected chi connectivity index (χ4v) is 5.80. The Morgan fingerprint density at radius 3 is 2.65 bits per heavy atom. The highest BCUT2D eigenvalue weighted by atomic mass is 32.1. The Morgan fingerprint density at radius 2 is 1.95 bits per heavy atom. The number of fused-ring (bicyclic) bond motifs is 2. The van der Waals surface area contributed by atoms with E-state index < -0.39 is 35.5 Å². The van der Waals surface area contributed by atoms with Crippen molar-refractivity contribution in [2.45, 2.75) is 25.9 Å². The van der Waals surface area contributed by atoms with Gasteiger partial charge in [0.1, 0.15) is 35.0 Å². The molecule has 4 aromatic heterocycles. The maximum absolute atomic E-state index is 13.2. The zero-order valence-electron chi connectivity index (χ0n) is 22.1. The van der Waals surface area contributed by atoms with Crippen molar-refractivity contribution in [3.05, 3.63) is 44.9 Å². The molecule has 1 aliphatic heterocycles. The highest BCUT2D eigenvalue weighted by molar-refractivity contribution is 7.13. The van der Waals surface area contributed by atoms with Gasteiger partial charge in [0.2, 0.25) is 5.91 Å². The van der Waals surface area contributed by atoms with E-state index in [1.54, 1.807) is 24.7 Å². The highest BCUT2D eigenvalue weighted by Gasteiger charge is 2.45. The van der Waals surface area contributed by atoms with Gasteiger partial charge in [0.15, 0.2) is 16.9 Å². The Bertz CT molecular complexity index is 1730. The number of imidazole rings is 1. The lowest BCUT2D eigenvalue weighted by Crippen LogP contribution is -2.42. The number of hydrogen-bond donors (Lipinski definition) is 1. The van der Waals surface area contributed by atoms with Gasteiger partial charge in [-0.25, -0.2) is 24.7 Å². The summed E-state index contributed by atoms with van der Waals surface area (Å²) in [7, 11) is 2.80. The molecule has 0 bridgehead atoms. The Morgan fingerprint density at radius 1 is 1.18 bits per heavy atom. The third kappa shape index (κ3) is 4.60. The van der Waals surface area contributed by atoms with Crippen LogP contribution >= 0.6 is 11.3 Å². The zero-order valence-corrected chi connectivity index (χ0v) is 22.9. The van der Waals surface area contributed by atoms with E-state index in [1.165, 1.54) is 47.4 Å². The molecular formula is C25H27N9O5S. The van der Waals surface area contributed by atoms with Crippen molar-refractivity contribution < 1.29 is 14.3 Å². The summed E-state index contributed by atoms with van der Waals surface area (Å²) in [5.74, 6) is 1.91. The van der Waals surface area contributed by atoms with E-state index in [1.807, 2.05) is 0 Å². The number of ketones is 1. The molecule has 3 atom stereocenters. The second-order valence-corrected chi connectivity index (χ2v) is 11.0. The predicted octanol–water partition coefficient (Wildman–Crippen LogP) is 0.682. The van der Waals surface area contributed by atoms with Crippen LogP contribution in [0.25, 0.3) is 21.9 Å². The number of hydrogen-bond acceptors (Lipinski definition) is 11. The number of rotatable bonds is 9. The van der Waals surface area contributed by atoms with E-state index in [-0.39, 0.29) is 17.8 Å². The second-order valence-electron chi connectivity index (χ2n) is 10.2. The number of aromatic nitrogens is 7. The summed E-state index contributed by atoms with van der Waals surface area (Å²) in [6.45, 7) is 2.97. The third-order valence-corrected chi connectivity index (χ3v) is 8.27. The molecule has 208 valence electrons. The van der Waals surface area contributed by atoms with Crippen LogP contribution in [0.15, 0.2) is 33.7 Å². The molecule has 0 radical (unpaired) electrons. The molecule has 15 heteroatoms. The molecule has 0 aromatic carbocycles. The summed E-state index contributed by atoms with van der Waals surface area (Å²) < 4.78 is 8.18. The van der Waals surface area contributed by atoms with Crippen LogP contribution in [0.4, 0.5) is 11.6 Å². The Balaban J connectivity index is 1.19. The minimum atomic E-state index is -0.880. The van der Waals surface area contributed by atoms with E-state index in [0.29, 0.717) is 16.5 Å². The molecule has 3 unspecified atom stereocenters. The quantitative estimate of drug-likeness (QED) is 0.306. The highest BCUT2D eigenvalue weighted by Crippen LogP contribution is 2.45. The topological polar surface area (TPSA) is 159 Å². The molecule has 40 heavy (non-hydrogen) atoms. The fourth-order valence-electron chi connectivity index (χ4n) is 5.09. The van der Waals surface area contributed by atoms with Gasteiger partial charge in [0, 0.05) is 32.6 Å². The minimum Gasteiger partial charge on any atom is -0.377 e. The number of anilines is 2. The number of aryl methyl sites for hydroxylation is 1. The van der Waals surface area contributed by atoms with Crippen LogP contribution in [0, 0.1) is 11.8 Å². The molecule has 2 aliphatic rings. The maximum atomic E-state index is 13.2. The van der Waals surface area contributed by atoms with Crippen molar-refractivity contribution in [1.29, 1.82) is 0 Å². The summed E-state index contributed by atoms with van der Waals surface area (Å²) in [5.41, 5.74) is -0.665. The Labute approximate surface area is 231 Å². The van der Waals surface area contributed by atoms with Gasteiger partial charge in [-0.05, 0) is 25.2 Å². The molecule has 1 amide bonds. The predicted molar refractivity (Wildman–Crippen MR) is 146 cm³/mol. The lowest BCUT2D eigenvalue weighted by Gasteiger charge is -2.18. The Hall–Kier alpha value is -4.24. The number of ether oxygens (including phenoxy) is 1. The molecule has 5 heterocycles. The summed E-state index contributed by atoms with van der Waals surface area (Å²) >= 11 is 1.32. The molecular weight excluding hydrogens is 538 g/mol. The van der Waals surface area contributed by atoms with E-state index >= 15 is 0 Å². The molecule has 6 rings (SSSR count). The first-order valence-electron chi connectivity index (χ1n) is 12.8. The maximum Gasteiger partial charge on any atom is 0.332 e. The van der Waals surface area contributed by atoms with Gasteiger partial charge in [0.25, 0.3) is 5.56 Å². The minimum absolute atomic E-state index is 0.0274. The smallest absolute Gasteiger partial charge is 0.332 e. The number of methoxy groups -OCH3 is 1. The number of Topliss-reactive ketones (excluding diaryl/α,β-unsaturated/α-hetero) is 1. The number of nitrogens with zero attached hydrogens (tertiary/aromatic N) is 8.